The highest BCUT2D eigenvalue weighted by Crippen LogP contribution is 2.26. The molecule has 1 fully saturated rings. The summed E-state index contributed by atoms with van der Waals surface area (Å²) in [6.07, 6.45) is 4.67. The van der Waals surface area contributed by atoms with Crippen molar-refractivity contribution in [1.29, 1.82) is 0 Å². The maximum atomic E-state index is 10.5. The standard InChI is InChI=1S/C24H33NO2/c1-18-12-14-21(15-13-18)24(20-9-4-3-5-10-20)27-17-22(26)16-25-23-11-7-6-8-19(23)2/h3-5,9-10,12-15,19,22-26H,6-8,11,16-17H2,1-2H3/p+1/t19-,22+,23+,24-/m0/s1. The average Bonchev–Trinajstić information content (AvgIpc) is 2.69. The molecule has 3 N–H and O–H groups in total. The highest BCUT2D eigenvalue weighted by atomic mass is 16.5. The summed E-state index contributed by atoms with van der Waals surface area (Å²) in [5.41, 5.74) is 3.49. The van der Waals surface area contributed by atoms with Crippen molar-refractivity contribution in [2.24, 2.45) is 5.92 Å². The molecule has 3 heteroatoms. The molecular weight excluding hydrogens is 334 g/mol. The fraction of sp³-hybridized carbons (Fsp3) is 0.500. The summed E-state index contributed by atoms with van der Waals surface area (Å²) in [6, 6.07) is 19.4. The van der Waals surface area contributed by atoms with Crippen molar-refractivity contribution in [3.63, 3.8) is 0 Å². The van der Waals surface area contributed by atoms with E-state index in [0.717, 1.165) is 17.0 Å². The van der Waals surface area contributed by atoms with Crippen LogP contribution in [0.15, 0.2) is 54.6 Å². The Morgan fingerprint density at radius 3 is 2.37 bits per heavy atom. The van der Waals surface area contributed by atoms with Crippen molar-refractivity contribution in [2.45, 2.75) is 57.8 Å². The van der Waals surface area contributed by atoms with E-state index in [4.69, 9.17) is 4.74 Å². The molecule has 27 heavy (non-hydrogen) atoms. The van der Waals surface area contributed by atoms with Crippen molar-refractivity contribution in [3.8, 4) is 0 Å². The summed E-state index contributed by atoms with van der Waals surface area (Å²) >= 11 is 0. The normalized spacial score (nSPS) is 22.3. The van der Waals surface area contributed by atoms with E-state index in [1.54, 1.807) is 0 Å². The predicted molar refractivity (Wildman–Crippen MR) is 110 cm³/mol. The molecule has 1 saturated carbocycles. The second kappa shape index (κ2) is 10.0. The highest BCUT2D eigenvalue weighted by molar-refractivity contribution is 5.31. The molecule has 0 bridgehead atoms. The molecule has 0 aromatic heterocycles. The molecule has 0 saturated heterocycles. The molecule has 0 spiro atoms. The van der Waals surface area contributed by atoms with E-state index in [-0.39, 0.29) is 6.10 Å². The molecule has 2 aromatic rings. The Labute approximate surface area is 163 Å². The first-order valence-corrected chi connectivity index (χ1v) is 10.4. The van der Waals surface area contributed by atoms with E-state index in [2.05, 4.69) is 55.6 Å². The number of ether oxygens (including phenoxy) is 1. The van der Waals surface area contributed by atoms with Gasteiger partial charge in [-0.2, -0.15) is 0 Å². The molecule has 0 aliphatic heterocycles. The molecule has 146 valence electrons. The third kappa shape index (κ3) is 5.90. The largest absolute Gasteiger partial charge is 0.385 e. The van der Waals surface area contributed by atoms with Gasteiger partial charge in [0.1, 0.15) is 18.8 Å². The maximum Gasteiger partial charge on any atom is 0.126 e. The molecule has 0 amide bonds. The van der Waals surface area contributed by atoms with Crippen LogP contribution in [0.4, 0.5) is 0 Å². The Morgan fingerprint density at radius 2 is 1.67 bits per heavy atom. The predicted octanol–water partition coefficient (Wildman–Crippen LogP) is 3.60. The Hall–Kier alpha value is -1.68. The van der Waals surface area contributed by atoms with Gasteiger partial charge in [-0.3, -0.25) is 0 Å². The van der Waals surface area contributed by atoms with Gasteiger partial charge in [0.2, 0.25) is 0 Å². The number of aliphatic hydroxyl groups is 1. The first-order chi connectivity index (χ1) is 13.1. The molecule has 1 aliphatic rings. The summed E-state index contributed by atoms with van der Waals surface area (Å²) in [4.78, 5) is 0. The van der Waals surface area contributed by atoms with Crippen LogP contribution in [0.3, 0.4) is 0 Å². The van der Waals surface area contributed by atoms with Crippen molar-refractivity contribution < 1.29 is 15.2 Å². The van der Waals surface area contributed by atoms with Crippen LogP contribution in [-0.2, 0) is 4.74 Å². The van der Waals surface area contributed by atoms with Crippen LogP contribution in [0.2, 0.25) is 0 Å². The summed E-state index contributed by atoms with van der Waals surface area (Å²) in [7, 11) is 0. The van der Waals surface area contributed by atoms with Crippen molar-refractivity contribution in [2.75, 3.05) is 13.2 Å². The van der Waals surface area contributed by atoms with Gasteiger partial charge in [-0.25, -0.2) is 0 Å². The quantitative estimate of drug-likeness (QED) is 0.748. The van der Waals surface area contributed by atoms with Crippen LogP contribution in [0, 0.1) is 12.8 Å². The molecule has 0 radical (unpaired) electrons. The first-order valence-electron chi connectivity index (χ1n) is 10.4. The number of hydrogen-bond acceptors (Lipinski definition) is 2. The number of hydrogen-bond donors (Lipinski definition) is 2. The lowest BCUT2D eigenvalue weighted by molar-refractivity contribution is -0.703. The minimum atomic E-state index is -0.448. The number of aliphatic hydroxyl groups excluding tert-OH is 1. The van der Waals surface area contributed by atoms with Crippen LogP contribution in [-0.4, -0.2) is 30.4 Å². The molecule has 4 atom stereocenters. The fourth-order valence-corrected chi connectivity index (χ4v) is 4.06. The molecule has 2 aromatic carbocycles. The van der Waals surface area contributed by atoms with Gasteiger partial charge < -0.3 is 15.2 Å². The Kier molecular flexibility index (Phi) is 7.45. The van der Waals surface area contributed by atoms with Crippen molar-refractivity contribution in [1.82, 2.24) is 0 Å². The van der Waals surface area contributed by atoms with Gasteiger partial charge >= 0.3 is 0 Å². The van der Waals surface area contributed by atoms with Crippen LogP contribution >= 0.6 is 0 Å². The lowest BCUT2D eigenvalue weighted by Gasteiger charge is -2.27. The fourth-order valence-electron chi connectivity index (χ4n) is 4.06. The molecule has 3 rings (SSSR count). The SMILES string of the molecule is Cc1ccc([C@@H](OC[C@H](O)C[NH2+][C@@H]2CCCC[C@@H]2C)c2ccccc2)cc1. The second-order valence-corrected chi connectivity index (χ2v) is 8.09. The van der Waals surface area contributed by atoms with Gasteiger partial charge in [-0.05, 0) is 37.3 Å². The van der Waals surface area contributed by atoms with Gasteiger partial charge in [-0.15, -0.1) is 0 Å². The number of aryl methyl sites for hydroxylation is 1. The second-order valence-electron chi connectivity index (χ2n) is 8.09. The van der Waals surface area contributed by atoms with E-state index in [0.29, 0.717) is 19.2 Å². The molecular formula is C24H34NO2+. The topological polar surface area (TPSA) is 46.1 Å². The van der Waals surface area contributed by atoms with Gasteiger partial charge in [0.25, 0.3) is 0 Å². The Morgan fingerprint density at radius 1 is 1.00 bits per heavy atom. The molecule has 1 aliphatic carbocycles. The smallest absolute Gasteiger partial charge is 0.126 e. The highest BCUT2D eigenvalue weighted by Gasteiger charge is 2.25. The van der Waals surface area contributed by atoms with Crippen LogP contribution in [0.1, 0.15) is 55.4 Å². The van der Waals surface area contributed by atoms with Crippen LogP contribution in [0.25, 0.3) is 0 Å². The minimum absolute atomic E-state index is 0.143. The summed E-state index contributed by atoms with van der Waals surface area (Å²) in [6.45, 7) is 5.50. The van der Waals surface area contributed by atoms with Gasteiger partial charge in [0, 0.05) is 5.92 Å². The third-order valence-corrected chi connectivity index (χ3v) is 5.83. The monoisotopic (exact) mass is 368 g/mol. The lowest BCUT2D eigenvalue weighted by Crippen LogP contribution is -2.93. The zero-order valence-electron chi connectivity index (χ0n) is 16.7. The number of rotatable bonds is 8. The Balaban J connectivity index is 1.58. The Bertz CT molecular complexity index is 671. The van der Waals surface area contributed by atoms with Crippen molar-refractivity contribution >= 4 is 0 Å². The van der Waals surface area contributed by atoms with Gasteiger partial charge in [0.05, 0.1) is 12.6 Å². The van der Waals surface area contributed by atoms with E-state index in [1.165, 1.54) is 31.2 Å². The van der Waals surface area contributed by atoms with Gasteiger partial charge in [-0.1, -0.05) is 73.5 Å². The molecule has 0 unspecified atom stereocenters. The third-order valence-electron chi connectivity index (χ3n) is 5.83. The first kappa shape index (κ1) is 20.1. The number of nitrogens with two attached hydrogens (primary N) is 1. The van der Waals surface area contributed by atoms with E-state index >= 15 is 0 Å². The van der Waals surface area contributed by atoms with Gasteiger partial charge in [0.15, 0.2) is 0 Å². The zero-order valence-corrected chi connectivity index (χ0v) is 16.7. The van der Waals surface area contributed by atoms with Crippen LogP contribution < -0.4 is 5.32 Å². The maximum absolute atomic E-state index is 10.5. The lowest BCUT2D eigenvalue weighted by atomic mass is 9.86. The molecule has 3 nitrogen and oxygen atoms in total. The van der Waals surface area contributed by atoms with E-state index in [9.17, 15) is 5.11 Å². The number of quaternary nitrogens is 1. The summed E-state index contributed by atoms with van der Waals surface area (Å²) in [5, 5.41) is 12.8. The minimum Gasteiger partial charge on any atom is -0.385 e. The average molecular weight is 369 g/mol. The zero-order chi connectivity index (χ0) is 19.1. The summed E-state index contributed by atoms with van der Waals surface area (Å²) in [5.74, 6) is 0.747. The number of benzene rings is 2. The van der Waals surface area contributed by atoms with Crippen molar-refractivity contribution in [3.05, 3.63) is 71.3 Å². The van der Waals surface area contributed by atoms with E-state index in [1.807, 2.05) is 18.2 Å². The molecule has 0 heterocycles. The van der Waals surface area contributed by atoms with E-state index < -0.39 is 6.10 Å². The summed E-state index contributed by atoms with van der Waals surface area (Å²) < 4.78 is 6.21. The van der Waals surface area contributed by atoms with Crippen LogP contribution in [0.5, 0.6) is 0 Å².